The monoisotopic (exact) mass is 319 g/mol. The van der Waals surface area contributed by atoms with Crippen LogP contribution in [0.1, 0.15) is 63.1 Å². The van der Waals surface area contributed by atoms with Gasteiger partial charge in [-0.3, -0.25) is 10.1 Å². The van der Waals surface area contributed by atoms with Crippen molar-refractivity contribution in [1.29, 1.82) is 5.26 Å². The van der Waals surface area contributed by atoms with Gasteiger partial charge in [-0.05, 0) is 19.3 Å². The van der Waals surface area contributed by atoms with Gasteiger partial charge in [0.2, 0.25) is 0 Å². The van der Waals surface area contributed by atoms with E-state index in [2.05, 4.69) is 33.5 Å². The maximum absolute atomic E-state index is 8.97. The first-order valence-electron chi connectivity index (χ1n) is 8.45. The van der Waals surface area contributed by atoms with Gasteiger partial charge in [0, 0.05) is 13.1 Å². The summed E-state index contributed by atoms with van der Waals surface area (Å²) in [6.45, 7) is 3.71. The number of guanidine groups is 1. The van der Waals surface area contributed by atoms with Crippen LogP contribution in [0.5, 0.6) is 0 Å². The average molecular weight is 319 g/mol. The average Bonchev–Trinajstić information content (AvgIpc) is 2.90. The zero-order valence-electron chi connectivity index (χ0n) is 14.1. The number of hydrogen-bond acceptors (Lipinski definition) is 4. The molecule has 7 nitrogen and oxygen atoms in total. The summed E-state index contributed by atoms with van der Waals surface area (Å²) in [5, 5.41) is 18.7. The summed E-state index contributed by atoms with van der Waals surface area (Å²) < 4.78 is 0. The van der Waals surface area contributed by atoms with Gasteiger partial charge in [-0.1, -0.05) is 39.0 Å². The molecule has 0 aliphatic carbocycles. The van der Waals surface area contributed by atoms with Crippen molar-refractivity contribution >= 4 is 11.8 Å². The molecule has 0 saturated heterocycles. The maximum Gasteiger partial charge on any atom is 0.188 e. The molecule has 7 heteroatoms. The number of aromatic nitrogens is 2. The van der Waals surface area contributed by atoms with Crippen LogP contribution in [-0.4, -0.2) is 29.2 Å². The highest BCUT2D eigenvalue weighted by Gasteiger charge is 2.09. The fourth-order valence-corrected chi connectivity index (χ4v) is 2.33. The predicted molar refractivity (Wildman–Crippen MR) is 93.9 cm³/mol. The lowest BCUT2D eigenvalue weighted by atomic mass is 10.1. The second kappa shape index (κ2) is 11.4. The highest BCUT2D eigenvalue weighted by Crippen LogP contribution is 2.13. The number of nitriles is 1. The molecule has 1 aromatic rings. The largest absolute Gasteiger partial charge is 0.381 e. The number of unbranched alkanes of at least 4 members (excludes halogenated alkanes) is 5. The summed E-state index contributed by atoms with van der Waals surface area (Å²) in [4.78, 5) is 4.28. The molecule has 0 bridgehead atoms. The molecule has 1 rings (SSSR count). The third-order valence-corrected chi connectivity index (χ3v) is 3.68. The number of H-pyrrole nitrogens is 1. The third kappa shape index (κ3) is 7.54. The number of rotatable bonds is 11. The minimum atomic E-state index is 0.256. The molecule has 0 aliphatic rings. The van der Waals surface area contributed by atoms with Gasteiger partial charge in [-0.25, -0.2) is 0 Å². The van der Waals surface area contributed by atoms with Crippen LogP contribution in [0.15, 0.2) is 4.99 Å². The van der Waals surface area contributed by atoms with E-state index >= 15 is 0 Å². The number of anilines is 1. The van der Waals surface area contributed by atoms with E-state index in [0.717, 1.165) is 25.1 Å². The van der Waals surface area contributed by atoms with E-state index in [-0.39, 0.29) is 5.82 Å². The van der Waals surface area contributed by atoms with E-state index in [1.165, 1.54) is 32.1 Å². The zero-order chi connectivity index (χ0) is 16.9. The van der Waals surface area contributed by atoms with Gasteiger partial charge in [-0.15, -0.1) is 0 Å². The summed E-state index contributed by atoms with van der Waals surface area (Å²) in [6, 6.07) is 2.05. The van der Waals surface area contributed by atoms with E-state index in [1.54, 1.807) is 0 Å². The van der Waals surface area contributed by atoms with Crippen molar-refractivity contribution in [3.05, 3.63) is 11.3 Å². The van der Waals surface area contributed by atoms with Crippen LogP contribution in [0.4, 0.5) is 5.82 Å². The normalized spacial score (nSPS) is 11.4. The van der Waals surface area contributed by atoms with Gasteiger partial charge >= 0.3 is 0 Å². The lowest BCUT2D eigenvalue weighted by Crippen LogP contribution is -2.32. The topological polar surface area (TPSA) is 129 Å². The molecule has 0 radical (unpaired) electrons. The summed E-state index contributed by atoms with van der Waals surface area (Å²) in [7, 11) is 0. The Morgan fingerprint density at radius 2 is 2.00 bits per heavy atom. The Labute approximate surface area is 138 Å². The number of nitrogens with two attached hydrogens (primary N) is 2. The van der Waals surface area contributed by atoms with Gasteiger partial charge in [0.15, 0.2) is 11.8 Å². The van der Waals surface area contributed by atoms with Crippen LogP contribution in [-0.2, 0) is 6.42 Å². The number of nitrogens with zero attached hydrogens (tertiary/aromatic N) is 3. The number of aryl methyl sites for hydroxylation is 1. The van der Waals surface area contributed by atoms with Crippen LogP contribution in [0, 0.1) is 11.3 Å². The van der Waals surface area contributed by atoms with Crippen molar-refractivity contribution in [3.63, 3.8) is 0 Å². The number of nitrogens with one attached hydrogen (secondary N) is 2. The fraction of sp³-hybridized carbons (Fsp3) is 0.688. The third-order valence-electron chi connectivity index (χ3n) is 3.68. The Hall–Kier alpha value is -2.23. The van der Waals surface area contributed by atoms with Crippen LogP contribution < -0.4 is 16.8 Å². The lowest BCUT2D eigenvalue weighted by Gasteiger charge is -2.05. The van der Waals surface area contributed by atoms with Crippen molar-refractivity contribution in [1.82, 2.24) is 15.5 Å². The van der Waals surface area contributed by atoms with Crippen molar-refractivity contribution in [2.45, 2.75) is 58.3 Å². The molecular formula is C16H29N7. The molecule has 23 heavy (non-hydrogen) atoms. The quantitative estimate of drug-likeness (QED) is 0.282. The first kappa shape index (κ1) is 18.8. The van der Waals surface area contributed by atoms with Crippen LogP contribution in [0.3, 0.4) is 0 Å². The van der Waals surface area contributed by atoms with Crippen molar-refractivity contribution in [2.24, 2.45) is 10.7 Å². The summed E-state index contributed by atoms with van der Waals surface area (Å²) in [5.74, 6) is 0.745. The Balaban J connectivity index is 2.11. The second-order valence-electron chi connectivity index (χ2n) is 5.64. The van der Waals surface area contributed by atoms with E-state index in [4.69, 9.17) is 16.7 Å². The summed E-state index contributed by atoms with van der Waals surface area (Å²) in [5.41, 5.74) is 12.6. The standard InChI is InChI=1S/C16H29N7/c1-2-3-4-5-6-7-10-20-16(19)21-11-8-9-14-13(12-17)15(18)23-22-14/h2-11H2,1H3,(H3,18,22,23)(H3,19,20,21). The Morgan fingerprint density at radius 1 is 1.26 bits per heavy atom. The molecule has 0 atom stereocenters. The molecule has 128 valence electrons. The molecular weight excluding hydrogens is 290 g/mol. The molecule has 0 spiro atoms. The summed E-state index contributed by atoms with van der Waals surface area (Å²) >= 11 is 0. The molecule has 0 aliphatic heterocycles. The van der Waals surface area contributed by atoms with Crippen LogP contribution >= 0.6 is 0 Å². The molecule has 1 aromatic heterocycles. The predicted octanol–water partition coefficient (Wildman–Crippen LogP) is 2.06. The Kier molecular flexibility index (Phi) is 9.29. The zero-order valence-corrected chi connectivity index (χ0v) is 14.1. The van der Waals surface area contributed by atoms with Gasteiger partial charge in [0.05, 0.1) is 5.69 Å². The Bertz CT molecular complexity index is 513. The highest BCUT2D eigenvalue weighted by atomic mass is 15.2. The van der Waals surface area contributed by atoms with Crippen molar-refractivity contribution < 1.29 is 0 Å². The van der Waals surface area contributed by atoms with E-state index in [9.17, 15) is 0 Å². The molecule has 0 aromatic carbocycles. The SMILES string of the molecule is CCCCCCCCNC(N)=NCCCc1[nH]nc(N)c1C#N. The molecule has 0 fully saturated rings. The minimum Gasteiger partial charge on any atom is -0.381 e. The molecule has 0 saturated carbocycles. The minimum absolute atomic E-state index is 0.256. The maximum atomic E-state index is 8.97. The van der Waals surface area contributed by atoms with E-state index in [1.807, 2.05) is 0 Å². The van der Waals surface area contributed by atoms with Gasteiger partial charge in [-0.2, -0.15) is 10.4 Å². The van der Waals surface area contributed by atoms with Crippen molar-refractivity contribution in [2.75, 3.05) is 18.8 Å². The van der Waals surface area contributed by atoms with Gasteiger partial charge < -0.3 is 16.8 Å². The smallest absolute Gasteiger partial charge is 0.188 e. The van der Waals surface area contributed by atoms with Crippen molar-refractivity contribution in [3.8, 4) is 6.07 Å². The Morgan fingerprint density at radius 3 is 2.74 bits per heavy atom. The lowest BCUT2D eigenvalue weighted by molar-refractivity contribution is 0.601. The first-order chi connectivity index (χ1) is 11.2. The fourth-order valence-electron chi connectivity index (χ4n) is 2.33. The van der Waals surface area contributed by atoms with Crippen LogP contribution in [0.2, 0.25) is 0 Å². The molecule has 6 N–H and O–H groups in total. The number of aromatic amines is 1. The number of nitrogen functional groups attached to an aromatic ring is 1. The second-order valence-corrected chi connectivity index (χ2v) is 5.64. The molecule has 1 heterocycles. The van der Waals surface area contributed by atoms with E-state index in [0.29, 0.717) is 24.5 Å². The number of aliphatic imine (C=N–C) groups is 1. The molecule has 0 unspecified atom stereocenters. The number of hydrogen-bond donors (Lipinski definition) is 4. The summed E-state index contributed by atoms with van der Waals surface area (Å²) in [6.07, 6.45) is 9.05. The van der Waals surface area contributed by atoms with Gasteiger partial charge in [0.25, 0.3) is 0 Å². The highest BCUT2D eigenvalue weighted by molar-refractivity contribution is 5.77. The molecule has 0 amide bonds. The van der Waals surface area contributed by atoms with Gasteiger partial charge in [0.1, 0.15) is 11.6 Å². The van der Waals surface area contributed by atoms with E-state index < -0.39 is 0 Å². The van der Waals surface area contributed by atoms with Crippen LogP contribution in [0.25, 0.3) is 0 Å². The first-order valence-corrected chi connectivity index (χ1v) is 8.45.